The normalized spacial score (nSPS) is 14.5. The average Bonchev–Trinajstić information content (AvgIpc) is 1.35. The Bertz CT molecular complexity index is 32.0. The van der Waals surface area contributed by atoms with Gasteiger partial charge in [0.25, 0.3) is 0 Å². The molecule has 0 aliphatic heterocycles. The van der Waals surface area contributed by atoms with Crippen LogP contribution in [-0.4, -0.2) is 17.0 Å². The van der Waals surface area contributed by atoms with Crippen molar-refractivity contribution < 1.29 is 5.11 Å². The topological polar surface area (TPSA) is 46.2 Å². The van der Waals surface area contributed by atoms with E-state index in [4.69, 9.17) is 10.2 Å². The Morgan fingerprint density at radius 1 is 2.00 bits per heavy atom. The van der Waals surface area contributed by atoms with Crippen LogP contribution in [0.15, 0.2) is 0 Å². The first-order valence-corrected chi connectivity index (χ1v) is 2.82. The van der Waals surface area contributed by atoms with E-state index in [1.54, 1.807) is 6.92 Å². The molecule has 3 heteroatoms. The molecule has 3 N–H and O–H groups in total. The fourth-order valence-corrected chi connectivity index (χ4v) is 0.418. The maximum atomic E-state index is 8.45. The fraction of sp³-hybridized carbons (Fsp3) is 1.00. The van der Waals surface area contributed by atoms with Crippen molar-refractivity contribution in [1.82, 2.24) is 0 Å². The third-order valence-corrected chi connectivity index (χ3v) is 1.01. The highest BCUT2D eigenvalue weighted by atomic mass is 32.2. The summed E-state index contributed by atoms with van der Waals surface area (Å²) in [5, 5.41) is 13.4. The summed E-state index contributed by atoms with van der Waals surface area (Å²) in [6, 6.07) is 0. The van der Waals surface area contributed by atoms with E-state index >= 15 is 0 Å². The van der Waals surface area contributed by atoms with Gasteiger partial charge in [-0.1, -0.05) is 11.9 Å². The van der Waals surface area contributed by atoms with Crippen LogP contribution in [-0.2, 0) is 0 Å². The third kappa shape index (κ3) is 4.27. The predicted octanol–water partition coefficient (Wildman–Crippen LogP) is -0.0259. The van der Waals surface area contributed by atoms with Crippen LogP contribution in [0.5, 0.6) is 0 Å². The number of rotatable bonds is 2. The van der Waals surface area contributed by atoms with Crippen LogP contribution in [0.1, 0.15) is 6.92 Å². The Balaban J connectivity index is 2.63. The van der Waals surface area contributed by atoms with E-state index in [1.807, 2.05) is 0 Å². The number of hydrogen-bond donors (Lipinski definition) is 2. The zero-order chi connectivity index (χ0) is 4.99. The van der Waals surface area contributed by atoms with E-state index in [1.165, 1.54) is 0 Å². The number of nitrogens with two attached hydrogens (primary N) is 1. The van der Waals surface area contributed by atoms with Gasteiger partial charge in [0.15, 0.2) is 0 Å². The van der Waals surface area contributed by atoms with Gasteiger partial charge in [-0.05, 0) is 6.92 Å². The second kappa shape index (κ2) is 3.46. The Morgan fingerprint density at radius 2 is 2.50 bits per heavy atom. The molecule has 1 unspecified atom stereocenters. The summed E-state index contributed by atoms with van der Waals surface area (Å²) in [5.41, 5.74) is 0. The van der Waals surface area contributed by atoms with Crippen molar-refractivity contribution in [3.63, 3.8) is 0 Å². The van der Waals surface area contributed by atoms with Crippen LogP contribution in [0.4, 0.5) is 0 Å². The van der Waals surface area contributed by atoms with Crippen molar-refractivity contribution in [3.8, 4) is 0 Å². The summed E-state index contributed by atoms with van der Waals surface area (Å²) in [6.45, 7) is 1.71. The van der Waals surface area contributed by atoms with Gasteiger partial charge in [-0.25, -0.2) is 0 Å². The van der Waals surface area contributed by atoms with Crippen LogP contribution in [0.2, 0.25) is 0 Å². The van der Waals surface area contributed by atoms with Gasteiger partial charge in [0.2, 0.25) is 0 Å². The van der Waals surface area contributed by atoms with E-state index in [0.29, 0.717) is 5.75 Å². The Kier molecular flexibility index (Phi) is 3.62. The van der Waals surface area contributed by atoms with Crippen molar-refractivity contribution in [1.29, 1.82) is 0 Å². The van der Waals surface area contributed by atoms with Crippen molar-refractivity contribution in [2.45, 2.75) is 13.0 Å². The molecule has 0 heterocycles. The summed E-state index contributed by atoms with van der Waals surface area (Å²) >= 11 is 1.16. The lowest BCUT2D eigenvalue weighted by Gasteiger charge is -1.95. The predicted molar refractivity (Wildman–Crippen MR) is 28.3 cm³/mol. The molecule has 0 aliphatic rings. The van der Waals surface area contributed by atoms with Gasteiger partial charge in [0.05, 0.1) is 6.10 Å². The van der Waals surface area contributed by atoms with Gasteiger partial charge >= 0.3 is 0 Å². The largest absolute Gasteiger partial charge is 0.393 e. The minimum atomic E-state index is -0.264. The molecular weight excluding hydrogens is 98.1 g/mol. The van der Waals surface area contributed by atoms with Gasteiger partial charge < -0.3 is 5.11 Å². The molecule has 0 saturated carbocycles. The lowest BCUT2D eigenvalue weighted by Crippen LogP contribution is -2.04. The molecule has 0 spiro atoms. The van der Waals surface area contributed by atoms with Gasteiger partial charge in [-0.3, -0.25) is 5.14 Å². The highest BCUT2D eigenvalue weighted by Gasteiger charge is 1.88. The average molecular weight is 107 g/mol. The highest BCUT2D eigenvalue weighted by Crippen LogP contribution is 1.88. The van der Waals surface area contributed by atoms with Crippen LogP contribution in [0.3, 0.4) is 0 Å². The number of hydrogen-bond acceptors (Lipinski definition) is 3. The summed E-state index contributed by atoms with van der Waals surface area (Å²) in [7, 11) is 0. The van der Waals surface area contributed by atoms with Crippen molar-refractivity contribution in [3.05, 3.63) is 0 Å². The molecule has 0 aliphatic carbocycles. The van der Waals surface area contributed by atoms with E-state index < -0.39 is 0 Å². The second-order valence-corrected chi connectivity index (χ2v) is 1.85. The summed E-state index contributed by atoms with van der Waals surface area (Å²) in [4.78, 5) is 0. The Morgan fingerprint density at radius 3 is 2.50 bits per heavy atom. The molecule has 6 heavy (non-hydrogen) atoms. The Hall–Kier alpha value is 0.270. The van der Waals surface area contributed by atoms with E-state index in [2.05, 4.69) is 0 Å². The van der Waals surface area contributed by atoms with Crippen molar-refractivity contribution >= 4 is 11.9 Å². The summed E-state index contributed by atoms with van der Waals surface area (Å²) in [5.74, 6) is 0.625. The minimum Gasteiger partial charge on any atom is -0.393 e. The molecule has 0 bridgehead atoms. The molecule has 0 amide bonds. The molecule has 38 valence electrons. The molecule has 0 aromatic heterocycles. The smallest absolute Gasteiger partial charge is 0.0615 e. The summed E-state index contributed by atoms with van der Waals surface area (Å²) < 4.78 is 0. The van der Waals surface area contributed by atoms with Gasteiger partial charge in [0.1, 0.15) is 0 Å². The van der Waals surface area contributed by atoms with Crippen LogP contribution in [0, 0.1) is 0 Å². The van der Waals surface area contributed by atoms with E-state index in [9.17, 15) is 0 Å². The van der Waals surface area contributed by atoms with Gasteiger partial charge in [-0.2, -0.15) is 0 Å². The molecule has 1 atom stereocenters. The zero-order valence-electron chi connectivity index (χ0n) is 3.72. The van der Waals surface area contributed by atoms with Crippen LogP contribution in [0.25, 0.3) is 0 Å². The number of aliphatic hydroxyl groups excluding tert-OH is 1. The standard InChI is InChI=1S/C3H9NOS/c1-3(5)2-6-4/h3,5H,2,4H2,1H3. The quantitative estimate of drug-likeness (QED) is 0.487. The third-order valence-electron chi connectivity index (χ3n) is 0.337. The first-order chi connectivity index (χ1) is 2.77. The van der Waals surface area contributed by atoms with Crippen molar-refractivity contribution in [2.75, 3.05) is 5.75 Å². The molecular formula is C3H9NOS. The summed E-state index contributed by atoms with van der Waals surface area (Å²) in [6.07, 6.45) is -0.264. The zero-order valence-corrected chi connectivity index (χ0v) is 4.53. The molecule has 0 saturated heterocycles. The maximum absolute atomic E-state index is 8.45. The molecule has 0 radical (unpaired) electrons. The van der Waals surface area contributed by atoms with E-state index in [0.717, 1.165) is 11.9 Å². The monoisotopic (exact) mass is 107 g/mol. The Labute approximate surface area is 41.9 Å². The van der Waals surface area contributed by atoms with Crippen molar-refractivity contribution in [2.24, 2.45) is 5.14 Å². The first-order valence-electron chi connectivity index (χ1n) is 1.77. The van der Waals surface area contributed by atoms with Gasteiger partial charge in [0, 0.05) is 5.75 Å². The maximum Gasteiger partial charge on any atom is 0.0615 e. The first kappa shape index (κ1) is 6.27. The lowest BCUT2D eigenvalue weighted by atomic mass is 10.5. The second-order valence-electron chi connectivity index (χ2n) is 1.18. The van der Waals surface area contributed by atoms with Gasteiger partial charge in [-0.15, -0.1) is 0 Å². The SMILES string of the molecule is CC(O)CSN. The lowest BCUT2D eigenvalue weighted by molar-refractivity contribution is 0.220. The van der Waals surface area contributed by atoms with E-state index in [-0.39, 0.29) is 6.10 Å². The van der Waals surface area contributed by atoms with Crippen LogP contribution >= 0.6 is 11.9 Å². The molecule has 0 aromatic carbocycles. The minimum absolute atomic E-state index is 0.264. The molecule has 2 nitrogen and oxygen atoms in total. The molecule has 0 aromatic rings. The highest BCUT2D eigenvalue weighted by molar-refractivity contribution is 7.97. The van der Waals surface area contributed by atoms with Crippen LogP contribution < -0.4 is 5.14 Å². The number of aliphatic hydroxyl groups is 1. The molecule has 0 fully saturated rings. The molecule has 0 rings (SSSR count). The fourth-order valence-electron chi connectivity index (χ4n) is 0.139.